The summed E-state index contributed by atoms with van der Waals surface area (Å²) >= 11 is 7.27. The number of ketones is 1. The predicted molar refractivity (Wildman–Crippen MR) is 400 cm³/mol. The zero-order valence-electron chi connectivity index (χ0n) is 51.2. The van der Waals surface area contributed by atoms with Crippen molar-refractivity contribution in [2.75, 3.05) is 19.6 Å². The number of fused-ring (bicyclic) bond motifs is 14. The van der Waals surface area contributed by atoms with Gasteiger partial charge in [0.05, 0.1) is 67.6 Å². The number of rotatable bonds is 8. The molecule has 14 aromatic carbocycles. The molecule has 0 spiro atoms. The normalized spacial score (nSPS) is 13.4. The minimum absolute atomic E-state index is 0.0397. The highest BCUT2D eigenvalue weighted by atomic mass is 32.2. The van der Waals surface area contributed by atoms with Gasteiger partial charge in [-0.25, -0.2) is 0 Å². The number of carbonyl (C=O) groups is 1. The second-order valence-electron chi connectivity index (χ2n) is 24.4. The summed E-state index contributed by atoms with van der Waals surface area (Å²) in [6, 6.07) is 114. The quantitative estimate of drug-likeness (QED) is 0.138. The number of hydrogen-bond donors (Lipinski definition) is 0. The molecular formula is C85H52N6OS4. The molecule has 7 nitrogen and oxygen atoms in total. The smallest absolute Gasteiger partial charge is 0.193 e. The van der Waals surface area contributed by atoms with Gasteiger partial charge in [0.15, 0.2) is 5.78 Å². The lowest BCUT2D eigenvalue weighted by Gasteiger charge is -2.33. The van der Waals surface area contributed by atoms with E-state index >= 15 is 0 Å². The zero-order chi connectivity index (χ0) is 63.1. The van der Waals surface area contributed by atoms with Crippen LogP contribution in [0.1, 0.15) is 15.9 Å². The molecule has 0 unspecified atom stereocenters. The van der Waals surface area contributed by atoms with Crippen molar-refractivity contribution in [3.8, 4) is 11.4 Å². The molecule has 0 atom stereocenters. The second kappa shape index (κ2) is 22.0. The standard InChI is InChI=1S/C85H52N6OS4/c92-85(53-33-37-55(38-34-53)86-65-45-41-57(88-69-17-1-9-25-77(69)93-78-26-10-2-18-70(78)88)49-61(65)62-50-58(42-46-66(62)86)89-71-19-3-11-27-79(71)94-80-28-12-4-20-72(80)89)54-35-39-56(40-36-54)87-67-47-43-59(90-73-21-5-13-29-81(73)95-82-30-14-6-22-74(82)90)51-63(67)64-52-60(44-48-68(64)87)91-75-23-7-15-31-83(75)96-84-32-16-8-24-76(84)91/h1-52H. The van der Waals surface area contributed by atoms with Crippen molar-refractivity contribution >= 4 is 165 Å². The van der Waals surface area contributed by atoms with E-state index in [1.54, 1.807) is 0 Å². The van der Waals surface area contributed by atoms with Gasteiger partial charge >= 0.3 is 0 Å². The van der Waals surface area contributed by atoms with Crippen molar-refractivity contribution in [1.82, 2.24) is 9.13 Å². The first-order valence-electron chi connectivity index (χ1n) is 32.1. The van der Waals surface area contributed by atoms with E-state index in [4.69, 9.17) is 0 Å². The lowest BCUT2D eigenvalue weighted by atomic mass is 10.0. The zero-order valence-corrected chi connectivity index (χ0v) is 54.5. The van der Waals surface area contributed by atoms with Gasteiger partial charge in [-0.15, -0.1) is 0 Å². The molecule has 0 saturated heterocycles. The Kier molecular flexibility index (Phi) is 12.7. The number of benzene rings is 14. The lowest BCUT2D eigenvalue weighted by molar-refractivity contribution is 0.103. The second-order valence-corrected chi connectivity index (χ2v) is 28.7. The average molecular weight is 1300 g/mol. The fourth-order valence-electron chi connectivity index (χ4n) is 14.7. The van der Waals surface area contributed by atoms with Gasteiger partial charge in [-0.1, -0.05) is 144 Å². The van der Waals surface area contributed by atoms with E-state index in [2.05, 4.69) is 320 Å². The van der Waals surface area contributed by atoms with Crippen LogP contribution in [0.2, 0.25) is 0 Å². The highest BCUT2D eigenvalue weighted by Crippen LogP contribution is 2.57. The molecule has 0 N–H and O–H groups in total. The van der Waals surface area contributed by atoms with Crippen molar-refractivity contribution in [2.24, 2.45) is 0 Å². The lowest BCUT2D eigenvalue weighted by Crippen LogP contribution is -2.14. The summed E-state index contributed by atoms with van der Waals surface area (Å²) in [4.78, 5) is 34.3. The molecule has 0 fully saturated rings. The van der Waals surface area contributed by atoms with Crippen molar-refractivity contribution in [2.45, 2.75) is 39.2 Å². The third-order valence-corrected chi connectivity index (χ3v) is 23.5. The van der Waals surface area contributed by atoms with Gasteiger partial charge in [-0.2, -0.15) is 0 Å². The summed E-state index contributed by atoms with van der Waals surface area (Å²) in [5.41, 5.74) is 21.1. The number of carbonyl (C=O) groups excluding carboxylic acids is 1. The van der Waals surface area contributed by atoms with Crippen LogP contribution in [0.3, 0.4) is 0 Å². The van der Waals surface area contributed by atoms with Crippen LogP contribution in [0.15, 0.2) is 355 Å². The van der Waals surface area contributed by atoms with Crippen LogP contribution in [0.4, 0.5) is 68.2 Å². The molecule has 2 aromatic heterocycles. The van der Waals surface area contributed by atoms with Crippen LogP contribution in [-0.2, 0) is 0 Å². The van der Waals surface area contributed by atoms with Gasteiger partial charge in [0.25, 0.3) is 0 Å². The first-order valence-corrected chi connectivity index (χ1v) is 35.3. The number of anilines is 12. The topological polar surface area (TPSA) is 39.9 Å². The largest absolute Gasteiger partial charge is 0.309 e. The first-order chi connectivity index (χ1) is 47.5. The molecule has 6 heterocycles. The van der Waals surface area contributed by atoms with Crippen LogP contribution in [0, 0.1) is 0 Å². The van der Waals surface area contributed by atoms with Gasteiger partial charge < -0.3 is 28.7 Å². The Labute approximate surface area is 571 Å². The fourth-order valence-corrected chi connectivity index (χ4v) is 19.0. The molecule has 0 radical (unpaired) electrons. The maximum atomic E-state index is 14.9. The van der Waals surface area contributed by atoms with Crippen LogP contribution in [0.25, 0.3) is 55.0 Å². The molecule has 0 bridgehead atoms. The van der Waals surface area contributed by atoms with Crippen LogP contribution in [0.5, 0.6) is 0 Å². The molecular weight excluding hydrogens is 1250 g/mol. The Morgan fingerprint density at radius 1 is 0.208 bits per heavy atom. The third-order valence-electron chi connectivity index (χ3n) is 19.0. The van der Waals surface area contributed by atoms with Gasteiger partial charge in [0.1, 0.15) is 0 Å². The summed E-state index contributed by atoms with van der Waals surface area (Å²) in [6.07, 6.45) is 0. The van der Waals surface area contributed by atoms with Crippen molar-refractivity contribution in [3.05, 3.63) is 327 Å². The Bertz CT molecular complexity index is 5090. The van der Waals surface area contributed by atoms with Crippen LogP contribution >= 0.6 is 47.0 Å². The highest BCUT2D eigenvalue weighted by Gasteiger charge is 2.31. The predicted octanol–water partition coefficient (Wildman–Crippen LogP) is 24.8. The van der Waals surface area contributed by atoms with Gasteiger partial charge in [0.2, 0.25) is 0 Å². The van der Waals surface area contributed by atoms with Gasteiger partial charge in [-0.3, -0.25) is 4.79 Å². The third kappa shape index (κ3) is 8.71. The number of aromatic nitrogens is 2. The van der Waals surface area contributed by atoms with Crippen molar-refractivity contribution in [1.29, 1.82) is 0 Å². The minimum Gasteiger partial charge on any atom is -0.309 e. The molecule has 0 amide bonds. The van der Waals surface area contributed by atoms with Crippen LogP contribution in [-0.4, -0.2) is 14.9 Å². The van der Waals surface area contributed by atoms with Crippen molar-refractivity contribution in [3.63, 3.8) is 0 Å². The fraction of sp³-hybridized carbons (Fsp3) is 0. The molecule has 0 aliphatic carbocycles. The minimum atomic E-state index is -0.0397. The van der Waals surface area contributed by atoms with E-state index in [0.717, 1.165) is 123 Å². The summed E-state index contributed by atoms with van der Waals surface area (Å²) in [5, 5.41) is 4.52. The number of para-hydroxylation sites is 8. The van der Waals surface area contributed by atoms with E-state index in [-0.39, 0.29) is 5.78 Å². The molecule has 452 valence electrons. The summed E-state index contributed by atoms with van der Waals surface area (Å²) < 4.78 is 4.71. The molecule has 4 aliphatic rings. The average Bonchev–Trinajstić information content (AvgIpc) is 1.60. The SMILES string of the molecule is O=C(c1ccc(-n2c3ccc(N4c5ccccc5Sc5ccccc54)cc3c3cc(N4c5ccccc5Sc5ccccc54)ccc32)cc1)c1ccc(-n2c3ccc(N4c5ccccc5Sc5ccccc54)cc3c3cc(N4c5ccccc5Sc5ccccc54)ccc32)cc1. The van der Waals surface area contributed by atoms with Gasteiger partial charge in [-0.05, 0) is 218 Å². The highest BCUT2D eigenvalue weighted by molar-refractivity contribution is 8.00. The van der Waals surface area contributed by atoms with E-state index in [1.165, 1.54) is 39.2 Å². The van der Waals surface area contributed by atoms with Gasteiger partial charge in [0, 0.05) is 106 Å². The molecule has 96 heavy (non-hydrogen) atoms. The molecule has 4 aliphatic heterocycles. The number of nitrogens with zero attached hydrogens (tertiary/aromatic N) is 6. The molecule has 20 rings (SSSR count). The molecule has 11 heteroatoms. The van der Waals surface area contributed by atoms with Crippen LogP contribution < -0.4 is 19.6 Å². The Hall–Kier alpha value is -11.1. The monoisotopic (exact) mass is 1300 g/mol. The van der Waals surface area contributed by atoms with E-state index in [1.807, 2.05) is 71.3 Å². The Balaban J connectivity index is 0.684. The van der Waals surface area contributed by atoms with E-state index in [0.29, 0.717) is 11.1 Å². The maximum absolute atomic E-state index is 14.9. The van der Waals surface area contributed by atoms with E-state index in [9.17, 15) is 4.79 Å². The maximum Gasteiger partial charge on any atom is 0.193 e. The molecule has 16 aromatic rings. The molecule has 0 saturated carbocycles. The Morgan fingerprint density at radius 2 is 0.396 bits per heavy atom. The van der Waals surface area contributed by atoms with Crippen molar-refractivity contribution < 1.29 is 4.79 Å². The van der Waals surface area contributed by atoms with E-state index < -0.39 is 0 Å². The first kappa shape index (κ1) is 55.4. The summed E-state index contributed by atoms with van der Waals surface area (Å²) in [7, 11) is 0. The summed E-state index contributed by atoms with van der Waals surface area (Å²) in [5.74, 6) is -0.0397. The number of hydrogen-bond acceptors (Lipinski definition) is 9. The summed E-state index contributed by atoms with van der Waals surface area (Å²) in [6.45, 7) is 0. The Morgan fingerprint density at radius 3 is 0.604 bits per heavy atom.